The van der Waals surface area contributed by atoms with Crippen LogP contribution in [0.3, 0.4) is 0 Å². The minimum atomic E-state index is -0.649. The zero-order valence-corrected chi connectivity index (χ0v) is 13.1. The number of likely N-dealkylation sites (tertiary alicyclic amines) is 1. The maximum Gasteiger partial charge on any atom is 0.230 e. The van der Waals surface area contributed by atoms with Gasteiger partial charge in [-0.15, -0.1) is 0 Å². The first kappa shape index (κ1) is 15.1. The van der Waals surface area contributed by atoms with Gasteiger partial charge in [0, 0.05) is 18.7 Å². The number of aromatic nitrogens is 3. The Morgan fingerprint density at radius 2 is 2.09 bits per heavy atom. The summed E-state index contributed by atoms with van der Waals surface area (Å²) in [6.07, 6.45) is 3.67. The first-order chi connectivity index (χ1) is 10.5. The summed E-state index contributed by atoms with van der Waals surface area (Å²) in [7, 11) is 0. The third-order valence-corrected chi connectivity index (χ3v) is 3.88. The average Bonchev–Trinajstić information content (AvgIpc) is 2.97. The van der Waals surface area contributed by atoms with Crippen molar-refractivity contribution >= 4 is 0 Å². The summed E-state index contributed by atoms with van der Waals surface area (Å²) in [5.74, 6) is 1.54. The van der Waals surface area contributed by atoms with Gasteiger partial charge >= 0.3 is 0 Å². The second-order valence-electron chi connectivity index (χ2n) is 6.53. The van der Waals surface area contributed by atoms with Gasteiger partial charge in [0.05, 0.1) is 5.60 Å². The Morgan fingerprint density at radius 3 is 2.73 bits per heavy atom. The van der Waals surface area contributed by atoms with Crippen LogP contribution in [-0.4, -0.2) is 50.4 Å². The van der Waals surface area contributed by atoms with Crippen LogP contribution in [-0.2, 0) is 0 Å². The molecule has 0 radical (unpaired) electrons. The standard InChI is InChI=1S/C16H22N4O2/c1-16(2,21)11-20-9-6-12(7-10-20)15-18-14(19-22-15)13-5-3-4-8-17-13/h3-5,8,12,21H,6-7,9-11H2,1-2H3. The second kappa shape index (κ2) is 6.14. The molecule has 0 bridgehead atoms. The number of piperidine rings is 1. The van der Waals surface area contributed by atoms with Crippen molar-refractivity contribution in [3.63, 3.8) is 0 Å². The van der Waals surface area contributed by atoms with E-state index in [2.05, 4.69) is 20.0 Å². The molecule has 2 aromatic heterocycles. The number of hydrogen-bond acceptors (Lipinski definition) is 6. The highest BCUT2D eigenvalue weighted by molar-refractivity contribution is 5.47. The molecule has 1 N–H and O–H groups in total. The van der Waals surface area contributed by atoms with Gasteiger partial charge in [-0.25, -0.2) is 0 Å². The van der Waals surface area contributed by atoms with Crippen LogP contribution >= 0.6 is 0 Å². The Balaban J connectivity index is 1.62. The maximum absolute atomic E-state index is 9.89. The Labute approximate surface area is 130 Å². The number of pyridine rings is 1. The van der Waals surface area contributed by atoms with Crippen LogP contribution in [0, 0.1) is 0 Å². The molecule has 3 heterocycles. The third kappa shape index (κ3) is 3.69. The molecule has 1 saturated heterocycles. The first-order valence-electron chi connectivity index (χ1n) is 7.71. The van der Waals surface area contributed by atoms with Crippen LogP contribution in [0.2, 0.25) is 0 Å². The van der Waals surface area contributed by atoms with E-state index in [0.717, 1.165) is 31.6 Å². The molecule has 0 spiro atoms. The SMILES string of the molecule is CC(C)(O)CN1CCC(c2nc(-c3ccccn3)no2)CC1. The van der Waals surface area contributed by atoms with E-state index in [4.69, 9.17) is 4.52 Å². The molecule has 0 amide bonds. The smallest absolute Gasteiger partial charge is 0.230 e. The normalized spacial score (nSPS) is 17.8. The average molecular weight is 302 g/mol. The van der Waals surface area contributed by atoms with Gasteiger partial charge in [0.25, 0.3) is 0 Å². The summed E-state index contributed by atoms with van der Waals surface area (Å²) in [5.41, 5.74) is 0.0840. The lowest BCUT2D eigenvalue weighted by atomic mass is 9.95. The molecule has 0 saturated carbocycles. The first-order valence-corrected chi connectivity index (χ1v) is 7.71. The van der Waals surface area contributed by atoms with Crippen molar-refractivity contribution in [1.82, 2.24) is 20.0 Å². The van der Waals surface area contributed by atoms with Crippen molar-refractivity contribution in [3.8, 4) is 11.5 Å². The summed E-state index contributed by atoms with van der Waals surface area (Å²) >= 11 is 0. The lowest BCUT2D eigenvalue weighted by Crippen LogP contribution is -2.42. The van der Waals surface area contributed by atoms with E-state index >= 15 is 0 Å². The summed E-state index contributed by atoms with van der Waals surface area (Å²) in [6, 6.07) is 5.65. The van der Waals surface area contributed by atoms with Gasteiger partial charge < -0.3 is 14.5 Å². The van der Waals surface area contributed by atoms with Crippen LogP contribution in [0.5, 0.6) is 0 Å². The van der Waals surface area contributed by atoms with Gasteiger partial charge in [0.1, 0.15) is 5.69 Å². The summed E-state index contributed by atoms with van der Waals surface area (Å²) in [4.78, 5) is 11.0. The van der Waals surface area contributed by atoms with Crippen molar-refractivity contribution in [3.05, 3.63) is 30.3 Å². The van der Waals surface area contributed by atoms with Gasteiger partial charge in [-0.1, -0.05) is 11.2 Å². The predicted octanol–water partition coefficient (Wildman–Crippen LogP) is 2.08. The quantitative estimate of drug-likeness (QED) is 0.932. The molecule has 0 atom stereocenters. The minimum absolute atomic E-state index is 0.294. The lowest BCUT2D eigenvalue weighted by Gasteiger charge is -2.34. The fourth-order valence-electron chi connectivity index (χ4n) is 2.89. The minimum Gasteiger partial charge on any atom is -0.389 e. The van der Waals surface area contributed by atoms with E-state index in [9.17, 15) is 5.11 Å². The van der Waals surface area contributed by atoms with E-state index in [1.54, 1.807) is 6.20 Å². The largest absolute Gasteiger partial charge is 0.389 e. The molecule has 6 nitrogen and oxygen atoms in total. The molecule has 3 rings (SSSR count). The molecule has 0 aromatic carbocycles. The van der Waals surface area contributed by atoms with Crippen molar-refractivity contribution in [2.45, 2.75) is 38.2 Å². The topological polar surface area (TPSA) is 75.3 Å². The van der Waals surface area contributed by atoms with E-state index in [1.807, 2.05) is 32.0 Å². The van der Waals surface area contributed by atoms with E-state index < -0.39 is 5.60 Å². The highest BCUT2D eigenvalue weighted by Crippen LogP contribution is 2.28. The molecule has 118 valence electrons. The Kier molecular flexibility index (Phi) is 4.22. The molecule has 0 aliphatic carbocycles. The van der Waals surface area contributed by atoms with Crippen LogP contribution in [0.15, 0.2) is 28.9 Å². The zero-order chi connectivity index (χ0) is 15.6. The monoisotopic (exact) mass is 302 g/mol. The molecule has 6 heteroatoms. The summed E-state index contributed by atoms with van der Waals surface area (Å²) < 4.78 is 5.43. The lowest BCUT2D eigenvalue weighted by molar-refractivity contribution is 0.0270. The van der Waals surface area contributed by atoms with Gasteiger partial charge in [0.2, 0.25) is 11.7 Å². The Hall–Kier alpha value is -1.79. The Bertz CT molecular complexity index is 598. The van der Waals surface area contributed by atoms with Crippen molar-refractivity contribution in [2.24, 2.45) is 0 Å². The second-order valence-corrected chi connectivity index (χ2v) is 6.53. The van der Waals surface area contributed by atoms with E-state index in [1.165, 1.54) is 0 Å². The fraction of sp³-hybridized carbons (Fsp3) is 0.562. The molecule has 1 aliphatic rings. The number of rotatable bonds is 4. The van der Waals surface area contributed by atoms with Crippen LogP contribution in [0.1, 0.15) is 38.5 Å². The molecular formula is C16H22N4O2. The molecule has 1 fully saturated rings. The molecule has 2 aromatic rings. The molecule has 1 aliphatic heterocycles. The van der Waals surface area contributed by atoms with Gasteiger partial charge in [-0.2, -0.15) is 4.98 Å². The van der Waals surface area contributed by atoms with Crippen molar-refractivity contribution in [2.75, 3.05) is 19.6 Å². The molecule has 0 unspecified atom stereocenters. The van der Waals surface area contributed by atoms with Crippen LogP contribution < -0.4 is 0 Å². The molecular weight excluding hydrogens is 280 g/mol. The summed E-state index contributed by atoms with van der Waals surface area (Å²) in [5, 5.41) is 13.9. The number of aliphatic hydroxyl groups is 1. The number of hydrogen-bond donors (Lipinski definition) is 1. The summed E-state index contributed by atoms with van der Waals surface area (Å²) in [6.45, 7) is 6.26. The highest BCUT2D eigenvalue weighted by atomic mass is 16.5. The van der Waals surface area contributed by atoms with E-state index in [0.29, 0.717) is 24.2 Å². The Morgan fingerprint density at radius 1 is 1.32 bits per heavy atom. The van der Waals surface area contributed by atoms with Crippen LogP contribution in [0.25, 0.3) is 11.5 Å². The van der Waals surface area contributed by atoms with Crippen molar-refractivity contribution < 1.29 is 9.63 Å². The maximum atomic E-state index is 9.89. The zero-order valence-electron chi connectivity index (χ0n) is 13.1. The predicted molar refractivity (Wildman–Crippen MR) is 82.2 cm³/mol. The number of β-amino-alcohol motifs (C(OH)–C–C–N with tert-alkyl or cyclic N) is 1. The number of nitrogens with zero attached hydrogens (tertiary/aromatic N) is 4. The van der Waals surface area contributed by atoms with Crippen LogP contribution in [0.4, 0.5) is 0 Å². The fourth-order valence-corrected chi connectivity index (χ4v) is 2.89. The van der Waals surface area contributed by atoms with Crippen molar-refractivity contribution in [1.29, 1.82) is 0 Å². The third-order valence-electron chi connectivity index (χ3n) is 3.88. The van der Waals surface area contributed by atoms with Gasteiger partial charge in [0.15, 0.2) is 0 Å². The van der Waals surface area contributed by atoms with Gasteiger partial charge in [-0.05, 0) is 51.9 Å². The highest BCUT2D eigenvalue weighted by Gasteiger charge is 2.28. The molecule has 22 heavy (non-hydrogen) atoms. The van der Waals surface area contributed by atoms with Gasteiger partial charge in [-0.3, -0.25) is 4.98 Å². The van der Waals surface area contributed by atoms with E-state index in [-0.39, 0.29) is 0 Å².